The number of benzene rings is 2. The Morgan fingerprint density at radius 1 is 0.654 bits per heavy atom. The molecular formula is C52H77N17O9. The number of nitrogens with zero attached hydrogens (tertiary/aromatic N) is 3. The van der Waals surface area contributed by atoms with E-state index in [1.165, 1.54) is 6.92 Å². The lowest BCUT2D eigenvalue weighted by atomic mass is 9.83. The van der Waals surface area contributed by atoms with E-state index in [2.05, 4.69) is 51.9 Å². The molecule has 1 aromatic heterocycles. The number of hydrogen-bond donors (Lipinski definition) is 14. The smallest absolute Gasteiger partial charge is 0.243 e. The fourth-order valence-corrected chi connectivity index (χ4v) is 8.99. The first-order chi connectivity index (χ1) is 37.2. The number of para-hydroxylation sites is 1. The molecule has 26 heteroatoms. The largest absolute Gasteiger partial charge is 0.370 e. The Kier molecular flexibility index (Phi) is 25.5. The Morgan fingerprint density at radius 2 is 1.27 bits per heavy atom. The number of aliphatic imine (C=N–C) groups is 3. The molecule has 3 aromatic rings. The number of amides is 7. The van der Waals surface area contributed by atoms with E-state index in [4.69, 9.17) is 40.1 Å². The van der Waals surface area contributed by atoms with Crippen molar-refractivity contribution >= 4 is 81.7 Å². The van der Waals surface area contributed by atoms with Crippen molar-refractivity contribution in [2.45, 2.75) is 127 Å². The molecule has 424 valence electrons. The van der Waals surface area contributed by atoms with Crippen molar-refractivity contribution in [3.05, 3.63) is 71.9 Å². The minimum absolute atomic E-state index is 0.0226. The molecule has 0 saturated carbocycles. The number of primary amides is 1. The molecule has 2 aromatic carbocycles. The standard InChI is InChI=1S/C52H77N17O9/c1-30(70)65-38(18-10-22-62-51(56)57)47(76)69-41-28-44(73)60-20-8-7-17-37(45(53)74)66-46(75)33(25-34-29-64-36-16-6-5-15-35(34)36)27-42(71)32(14-9-21-61-50(54)55)26-43(72)40(24-31-12-3-2-4-13-31)68-48(77)39(67-49(41)78)19-11-23-63-52(58)59/h2-6,12-13,15-16,29,32-33,37-41,64H,7-11,14,17-28H2,1H3,(H2,53,74)(H,60,73)(H,65,70)(H,66,75)(H,67,78)(H,68,77)(H,69,76)(H4,54,55,61)(H4,56,57,62)(H4,58,59,63)/t32-,33-,37+,38+,39+,40-,41+/m1/s1. The highest BCUT2D eigenvalue weighted by Gasteiger charge is 2.35. The molecule has 0 spiro atoms. The maximum absolute atomic E-state index is 14.8. The van der Waals surface area contributed by atoms with Crippen molar-refractivity contribution < 1.29 is 43.2 Å². The van der Waals surface area contributed by atoms with Crippen molar-refractivity contribution in [3.8, 4) is 0 Å². The van der Waals surface area contributed by atoms with E-state index in [-0.39, 0.29) is 121 Å². The van der Waals surface area contributed by atoms with Crippen LogP contribution in [0, 0.1) is 11.8 Å². The SMILES string of the molecule is CC(=O)N[C@@H](CCCN=C(N)N)C(=O)N[C@H]1CC(=O)NCCCC[C@@H](C(N)=O)NC(=O)[C@H](Cc2c[nH]c3ccccc23)CC(=O)[C@H](CCCN=C(N)N)CC(=O)[C@@H](Cc2ccccc2)NC(=O)[C@H](CCCN=C(N)N)NC1=O. The Balaban J connectivity index is 1.80. The van der Waals surface area contributed by atoms with Gasteiger partial charge in [-0.25, -0.2) is 0 Å². The summed E-state index contributed by atoms with van der Waals surface area (Å²) in [5.41, 5.74) is 41.3. The van der Waals surface area contributed by atoms with E-state index in [1.807, 2.05) is 24.3 Å². The van der Waals surface area contributed by atoms with Crippen molar-refractivity contribution in [1.29, 1.82) is 0 Å². The summed E-state index contributed by atoms with van der Waals surface area (Å²) in [4.78, 5) is 141. The number of guanidine groups is 3. The quantitative estimate of drug-likeness (QED) is 0.0327. The number of carbonyl (C=O) groups is 9. The second-order valence-electron chi connectivity index (χ2n) is 19.3. The normalized spacial score (nSPS) is 20.8. The highest BCUT2D eigenvalue weighted by atomic mass is 16.2. The molecule has 0 unspecified atom stereocenters. The zero-order valence-electron chi connectivity index (χ0n) is 44.1. The lowest BCUT2D eigenvalue weighted by molar-refractivity contribution is -0.136. The maximum atomic E-state index is 14.8. The van der Waals surface area contributed by atoms with Crippen LogP contribution in [0.4, 0.5) is 0 Å². The Hall–Kier alpha value is -8.58. The summed E-state index contributed by atoms with van der Waals surface area (Å²) in [5.74, 6) is -9.05. The second-order valence-corrected chi connectivity index (χ2v) is 19.3. The van der Waals surface area contributed by atoms with Crippen LogP contribution >= 0.6 is 0 Å². The summed E-state index contributed by atoms with van der Waals surface area (Å²) in [7, 11) is 0. The number of carbonyl (C=O) groups excluding carboxylic acids is 9. The molecule has 7 amide bonds. The van der Waals surface area contributed by atoms with Crippen molar-refractivity contribution in [2.24, 2.45) is 66.9 Å². The third kappa shape index (κ3) is 21.9. The summed E-state index contributed by atoms with van der Waals surface area (Å²) in [6.07, 6.45) is 1.55. The van der Waals surface area contributed by atoms with Crippen LogP contribution in [0.3, 0.4) is 0 Å². The molecule has 26 nitrogen and oxygen atoms in total. The van der Waals surface area contributed by atoms with E-state index < -0.39 is 108 Å². The number of ketones is 2. The molecule has 7 atom stereocenters. The van der Waals surface area contributed by atoms with E-state index >= 15 is 0 Å². The number of H-pyrrole nitrogens is 1. The Bertz CT molecular complexity index is 2630. The van der Waals surface area contributed by atoms with E-state index in [0.29, 0.717) is 5.56 Å². The number of fused-ring (bicyclic) bond motifs is 1. The van der Waals surface area contributed by atoms with Crippen LogP contribution in [-0.2, 0) is 56.0 Å². The number of aromatic nitrogens is 1. The molecule has 1 aliphatic heterocycles. The third-order valence-electron chi connectivity index (χ3n) is 13.0. The van der Waals surface area contributed by atoms with Crippen molar-refractivity contribution in [1.82, 2.24) is 36.9 Å². The van der Waals surface area contributed by atoms with Crippen molar-refractivity contribution in [2.75, 3.05) is 26.2 Å². The molecule has 4 rings (SSSR count). The molecule has 78 heavy (non-hydrogen) atoms. The van der Waals surface area contributed by atoms with Gasteiger partial charge >= 0.3 is 0 Å². The molecule has 1 fully saturated rings. The van der Waals surface area contributed by atoms with Gasteiger partial charge in [-0.3, -0.25) is 58.1 Å². The van der Waals surface area contributed by atoms with E-state index in [0.717, 1.165) is 16.5 Å². The average Bonchev–Trinajstić information content (AvgIpc) is 3.80. The summed E-state index contributed by atoms with van der Waals surface area (Å²) in [6, 6.07) is 9.43. The van der Waals surface area contributed by atoms with Gasteiger partial charge in [-0.05, 0) is 87.8 Å². The minimum Gasteiger partial charge on any atom is -0.370 e. The van der Waals surface area contributed by atoms with Gasteiger partial charge in [0.05, 0.1) is 12.5 Å². The van der Waals surface area contributed by atoms with Gasteiger partial charge in [0.1, 0.15) is 30.0 Å². The number of rotatable bonds is 20. The lowest BCUT2D eigenvalue weighted by Gasteiger charge is -2.27. The lowest BCUT2D eigenvalue weighted by Crippen LogP contribution is -2.58. The first-order valence-electron chi connectivity index (χ1n) is 26.1. The van der Waals surface area contributed by atoms with E-state index in [9.17, 15) is 43.2 Å². The van der Waals surface area contributed by atoms with Crippen LogP contribution in [0.25, 0.3) is 10.9 Å². The van der Waals surface area contributed by atoms with Crippen LogP contribution in [0.5, 0.6) is 0 Å². The van der Waals surface area contributed by atoms with Gasteiger partial charge in [-0.15, -0.1) is 0 Å². The molecule has 0 aliphatic carbocycles. The topological polar surface area (TPSA) is 461 Å². The van der Waals surface area contributed by atoms with Gasteiger partial charge in [-0.2, -0.15) is 0 Å². The highest BCUT2D eigenvalue weighted by Crippen LogP contribution is 2.26. The van der Waals surface area contributed by atoms with E-state index in [1.54, 1.807) is 36.5 Å². The van der Waals surface area contributed by atoms with Crippen LogP contribution in [0.2, 0.25) is 0 Å². The second kappa shape index (κ2) is 32.1. The van der Waals surface area contributed by atoms with Crippen molar-refractivity contribution in [3.63, 3.8) is 0 Å². The number of hydrogen-bond acceptors (Lipinski definition) is 12. The average molecular weight is 1080 g/mol. The monoisotopic (exact) mass is 1080 g/mol. The zero-order valence-corrected chi connectivity index (χ0v) is 44.1. The number of nitrogens with two attached hydrogens (primary N) is 7. The van der Waals surface area contributed by atoms with Gasteiger partial charge in [0.2, 0.25) is 41.4 Å². The molecule has 2 heterocycles. The summed E-state index contributed by atoms with van der Waals surface area (Å²) >= 11 is 0. The van der Waals surface area contributed by atoms with Gasteiger partial charge in [0.25, 0.3) is 0 Å². The summed E-state index contributed by atoms with van der Waals surface area (Å²) in [6.45, 7) is 1.46. The predicted molar refractivity (Wildman–Crippen MR) is 294 cm³/mol. The number of aromatic amines is 1. The van der Waals surface area contributed by atoms with Crippen LogP contribution < -0.4 is 72.0 Å². The van der Waals surface area contributed by atoms with Crippen LogP contribution in [0.15, 0.2) is 75.8 Å². The molecule has 0 radical (unpaired) electrons. The Labute approximate surface area is 452 Å². The summed E-state index contributed by atoms with van der Waals surface area (Å²) < 4.78 is 0. The fourth-order valence-electron chi connectivity index (χ4n) is 8.99. The third-order valence-corrected chi connectivity index (χ3v) is 13.0. The molecule has 1 aliphatic rings. The van der Waals surface area contributed by atoms with Gasteiger partial charge in [-0.1, -0.05) is 48.5 Å². The first-order valence-corrected chi connectivity index (χ1v) is 26.1. The molecule has 0 bridgehead atoms. The van der Waals surface area contributed by atoms with Crippen LogP contribution in [-0.4, -0.2) is 132 Å². The minimum atomic E-state index is -1.64. The predicted octanol–water partition coefficient (Wildman–Crippen LogP) is -2.12. The molecular weight excluding hydrogens is 1010 g/mol. The van der Waals surface area contributed by atoms with Gasteiger partial charge < -0.3 is 77.0 Å². The zero-order chi connectivity index (χ0) is 57.1. The highest BCUT2D eigenvalue weighted by molar-refractivity contribution is 5.99. The fraction of sp³-hybridized carbons (Fsp3) is 0.500. The van der Waals surface area contributed by atoms with Gasteiger partial charge in [0.15, 0.2) is 23.7 Å². The Morgan fingerprint density at radius 3 is 1.92 bits per heavy atom. The summed E-state index contributed by atoms with van der Waals surface area (Å²) in [5, 5.41) is 16.8. The first kappa shape index (κ1) is 62.0. The molecule has 1 saturated heterocycles. The number of nitrogens with one attached hydrogen (secondary N) is 7. The van der Waals surface area contributed by atoms with Crippen LogP contribution in [0.1, 0.15) is 95.1 Å². The number of Topliss-reactive ketones (excluding diaryl/α,β-unsaturated/α-hetero) is 2. The maximum Gasteiger partial charge on any atom is 0.243 e. The molecule has 21 N–H and O–H groups in total. The van der Waals surface area contributed by atoms with Gasteiger partial charge in [0, 0.05) is 74.9 Å².